The van der Waals surface area contributed by atoms with Crippen LogP contribution in [0.4, 0.5) is 4.39 Å². The van der Waals surface area contributed by atoms with Gasteiger partial charge in [-0.25, -0.2) is 8.91 Å². The van der Waals surface area contributed by atoms with E-state index in [9.17, 15) is 18.8 Å². The molecule has 2 aromatic carbocycles. The van der Waals surface area contributed by atoms with E-state index in [0.29, 0.717) is 16.3 Å². The van der Waals surface area contributed by atoms with Crippen LogP contribution in [0.15, 0.2) is 64.2 Å². The Labute approximate surface area is 162 Å². The van der Waals surface area contributed by atoms with Gasteiger partial charge in [-0.3, -0.25) is 19.5 Å². The van der Waals surface area contributed by atoms with Crippen molar-refractivity contribution in [3.05, 3.63) is 97.3 Å². The second kappa shape index (κ2) is 6.94. The van der Waals surface area contributed by atoms with Crippen LogP contribution in [0.2, 0.25) is 5.02 Å². The summed E-state index contributed by atoms with van der Waals surface area (Å²) in [5.74, 6) is -1.23. The Balaban J connectivity index is 1.84. The van der Waals surface area contributed by atoms with Crippen LogP contribution in [0.3, 0.4) is 0 Å². The first-order valence-electron chi connectivity index (χ1n) is 8.34. The summed E-state index contributed by atoms with van der Waals surface area (Å²) < 4.78 is 14.9. The van der Waals surface area contributed by atoms with Crippen LogP contribution in [0.25, 0.3) is 16.9 Å². The predicted octanol–water partition coefficient (Wildman–Crippen LogP) is 3.20. The van der Waals surface area contributed by atoms with E-state index >= 15 is 0 Å². The SMILES string of the molecule is O=C(Cc1c(=O)[nH]n2c(=O)cc(-c3cccc(Cl)c3)[nH]c12)c1ccccc1F. The Bertz CT molecular complexity index is 1340. The lowest BCUT2D eigenvalue weighted by molar-refractivity contribution is 0.0989. The van der Waals surface area contributed by atoms with Gasteiger partial charge in [-0.05, 0) is 29.8 Å². The van der Waals surface area contributed by atoms with Crippen molar-refractivity contribution < 1.29 is 9.18 Å². The maximum Gasteiger partial charge on any atom is 0.273 e. The zero-order valence-electron chi connectivity index (χ0n) is 14.3. The van der Waals surface area contributed by atoms with Gasteiger partial charge in [0.15, 0.2) is 5.78 Å². The van der Waals surface area contributed by atoms with E-state index in [1.165, 1.54) is 30.3 Å². The van der Waals surface area contributed by atoms with Gasteiger partial charge in [-0.2, -0.15) is 0 Å². The average molecular weight is 398 g/mol. The van der Waals surface area contributed by atoms with Gasteiger partial charge in [0, 0.05) is 17.5 Å². The molecule has 0 fully saturated rings. The van der Waals surface area contributed by atoms with Crippen LogP contribution in [0.5, 0.6) is 0 Å². The number of benzene rings is 2. The molecule has 4 rings (SSSR count). The standard InChI is InChI=1S/C20H13ClFN3O3/c21-12-5-3-4-11(8-12)16-10-18(27)25-19(23-16)14(20(28)24-25)9-17(26)13-6-1-2-7-15(13)22/h1-8,10,23H,9H2,(H,24,28). The molecular weight excluding hydrogens is 385 g/mol. The fourth-order valence-corrected chi connectivity index (χ4v) is 3.22. The summed E-state index contributed by atoms with van der Waals surface area (Å²) in [6, 6.07) is 13.7. The molecule has 0 saturated heterocycles. The molecule has 8 heteroatoms. The molecule has 0 aliphatic carbocycles. The van der Waals surface area contributed by atoms with Gasteiger partial charge in [0.05, 0.1) is 16.8 Å². The van der Waals surface area contributed by atoms with Crippen LogP contribution >= 0.6 is 11.6 Å². The van der Waals surface area contributed by atoms with Crippen LogP contribution in [0, 0.1) is 5.82 Å². The number of halogens is 2. The minimum Gasteiger partial charge on any atom is -0.339 e. The van der Waals surface area contributed by atoms with Crippen LogP contribution in [-0.4, -0.2) is 20.4 Å². The Morgan fingerprint density at radius 1 is 1.07 bits per heavy atom. The maximum absolute atomic E-state index is 13.9. The van der Waals surface area contributed by atoms with Crippen molar-refractivity contribution in [3.63, 3.8) is 0 Å². The fraction of sp³-hybridized carbons (Fsp3) is 0.0500. The minimum absolute atomic E-state index is 0.0502. The number of nitrogens with one attached hydrogen (secondary N) is 2. The second-order valence-electron chi connectivity index (χ2n) is 6.21. The number of hydrogen-bond donors (Lipinski definition) is 2. The number of Topliss-reactive ketones (excluding diaryl/α,β-unsaturated/α-hetero) is 1. The van der Waals surface area contributed by atoms with E-state index < -0.39 is 22.7 Å². The molecule has 0 atom stereocenters. The molecule has 2 aromatic heterocycles. The number of carbonyl (C=O) groups is 1. The Hall–Kier alpha value is -3.45. The molecule has 0 spiro atoms. The highest BCUT2D eigenvalue weighted by Gasteiger charge is 2.19. The largest absolute Gasteiger partial charge is 0.339 e. The third kappa shape index (κ3) is 3.16. The van der Waals surface area contributed by atoms with Crippen LogP contribution in [0.1, 0.15) is 15.9 Å². The summed E-state index contributed by atoms with van der Waals surface area (Å²) in [5, 5.41) is 2.89. The molecule has 0 aliphatic rings. The van der Waals surface area contributed by atoms with Gasteiger partial charge in [0.25, 0.3) is 11.1 Å². The van der Waals surface area contributed by atoms with E-state index in [1.807, 2.05) is 0 Å². The molecule has 0 amide bonds. The number of nitrogens with zero attached hydrogens (tertiary/aromatic N) is 1. The molecular formula is C20H13ClFN3O3. The van der Waals surface area contributed by atoms with Gasteiger partial charge < -0.3 is 4.98 Å². The molecule has 140 valence electrons. The fourth-order valence-electron chi connectivity index (χ4n) is 3.03. The van der Waals surface area contributed by atoms with Crippen LogP contribution in [-0.2, 0) is 6.42 Å². The zero-order valence-corrected chi connectivity index (χ0v) is 15.1. The predicted molar refractivity (Wildman–Crippen MR) is 104 cm³/mol. The number of aromatic nitrogens is 3. The van der Waals surface area contributed by atoms with Gasteiger partial charge in [0.1, 0.15) is 11.5 Å². The molecule has 0 aliphatic heterocycles. The lowest BCUT2D eigenvalue weighted by atomic mass is 10.0. The second-order valence-corrected chi connectivity index (χ2v) is 6.65. The van der Waals surface area contributed by atoms with E-state index in [1.54, 1.807) is 24.3 Å². The molecule has 2 N–H and O–H groups in total. The Morgan fingerprint density at radius 3 is 2.61 bits per heavy atom. The van der Waals surface area contributed by atoms with Crippen molar-refractivity contribution in [2.45, 2.75) is 6.42 Å². The third-order valence-corrected chi connectivity index (χ3v) is 4.62. The van der Waals surface area contributed by atoms with Crippen molar-refractivity contribution in [2.75, 3.05) is 0 Å². The third-order valence-electron chi connectivity index (χ3n) is 4.39. The summed E-state index contributed by atoms with van der Waals surface area (Å²) in [6.07, 6.45) is -0.359. The van der Waals surface area contributed by atoms with Crippen molar-refractivity contribution in [2.24, 2.45) is 0 Å². The quantitative estimate of drug-likeness (QED) is 0.518. The highest BCUT2D eigenvalue weighted by molar-refractivity contribution is 6.30. The van der Waals surface area contributed by atoms with Gasteiger partial charge in [0.2, 0.25) is 0 Å². The molecule has 4 aromatic rings. The summed E-state index contributed by atoms with van der Waals surface area (Å²) in [5.41, 5.74) is 0.0888. The van der Waals surface area contributed by atoms with E-state index in [4.69, 9.17) is 11.6 Å². The van der Waals surface area contributed by atoms with Gasteiger partial charge >= 0.3 is 0 Å². The number of H-pyrrole nitrogens is 2. The van der Waals surface area contributed by atoms with Crippen molar-refractivity contribution >= 4 is 23.0 Å². The lowest BCUT2D eigenvalue weighted by Crippen LogP contribution is -2.15. The maximum atomic E-state index is 13.9. The monoisotopic (exact) mass is 397 g/mol. The van der Waals surface area contributed by atoms with E-state index in [0.717, 1.165) is 4.52 Å². The number of carbonyl (C=O) groups excluding carboxylic acids is 1. The normalized spacial score (nSPS) is 11.1. The number of fused-ring (bicyclic) bond motifs is 1. The Kier molecular flexibility index (Phi) is 4.44. The highest BCUT2D eigenvalue weighted by Crippen LogP contribution is 2.21. The molecule has 0 radical (unpaired) electrons. The molecule has 6 nitrogen and oxygen atoms in total. The van der Waals surface area contributed by atoms with Crippen molar-refractivity contribution in [3.8, 4) is 11.3 Å². The molecule has 2 heterocycles. The summed E-state index contributed by atoms with van der Waals surface area (Å²) in [7, 11) is 0. The first-order valence-corrected chi connectivity index (χ1v) is 8.72. The van der Waals surface area contributed by atoms with E-state index in [-0.39, 0.29) is 23.2 Å². The number of hydrogen-bond acceptors (Lipinski definition) is 3. The average Bonchev–Trinajstić information content (AvgIpc) is 2.98. The summed E-state index contributed by atoms with van der Waals surface area (Å²) in [6.45, 7) is 0. The van der Waals surface area contributed by atoms with E-state index in [2.05, 4.69) is 10.1 Å². The van der Waals surface area contributed by atoms with Gasteiger partial charge in [-0.1, -0.05) is 35.9 Å². The zero-order chi connectivity index (χ0) is 19.8. The molecule has 0 unspecified atom stereocenters. The van der Waals surface area contributed by atoms with Crippen molar-refractivity contribution in [1.29, 1.82) is 0 Å². The highest BCUT2D eigenvalue weighted by atomic mass is 35.5. The minimum atomic E-state index is -0.666. The van der Waals surface area contributed by atoms with Crippen molar-refractivity contribution in [1.82, 2.24) is 14.6 Å². The Morgan fingerprint density at radius 2 is 1.86 bits per heavy atom. The molecule has 0 saturated carbocycles. The summed E-state index contributed by atoms with van der Waals surface area (Å²) in [4.78, 5) is 40.3. The summed E-state index contributed by atoms with van der Waals surface area (Å²) >= 11 is 6.01. The smallest absolute Gasteiger partial charge is 0.273 e. The first-order chi connectivity index (χ1) is 13.4. The first kappa shape index (κ1) is 17.9. The van der Waals surface area contributed by atoms with Gasteiger partial charge in [-0.15, -0.1) is 0 Å². The number of rotatable bonds is 4. The lowest BCUT2D eigenvalue weighted by Gasteiger charge is -2.05. The molecule has 0 bridgehead atoms. The topological polar surface area (TPSA) is 87.2 Å². The van der Waals surface area contributed by atoms with Crippen LogP contribution < -0.4 is 11.1 Å². The number of aromatic amines is 2. The molecule has 28 heavy (non-hydrogen) atoms. The number of ketones is 1.